The van der Waals surface area contributed by atoms with E-state index in [0.717, 1.165) is 29.4 Å². The van der Waals surface area contributed by atoms with Gasteiger partial charge in [0.25, 0.3) is 5.56 Å². The van der Waals surface area contributed by atoms with Gasteiger partial charge in [-0.25, -0.2) is 12.7 Å². The first-order valence-corrected chi connectivity index (χ1v) is 12.0. The zero-order valence-electron chi connectivity index (χ0n) is 17.5. The summed E-state index contributed by atoms with van der Waals surface area (Å²) >= 11 is 0. The number of benzene rings is 2. The molecule has 3 aromatic rings. The van der Waals surface area contributed by atoms with Crippen molar-refractivity contribution in [2.75, 3.05) is 13.6 Å². The minimum Gasteiger partial charge on any atom is -0.321 e. The maximum atomic E-state index is 13.0. The molecule has 2 aromatic carbocycles. The molecule has 1 fully saturated rings. The fraction of sp³-hybridized carbons (Fsp3) is 0.375. The Morgan fingerprint density at radius 1 is 1.00 bits per heavy atom. The van der Waals surface area contributed by atoms with Crippen LogP contribution in [0, 0.1) is 12.8 Å². The number of nitrogens with one attached hydrogen (secondary N) is 1. The fourth-order valence-electron chi connectivity index (χ4n) is 4.41. The highest BCUT2D eigenvalue weighted by atomic mass is 32.2. The van der Waals surface area contributed by atoms with Gasteiger partial charge in [-0.05, 0) is 66.5 Å². The molecule has 30 heavy (non-hydrogen) atoms. The van der Waals surface area contributed by atoms with E-state index in [1.807, 2.05) is 31.2 Å². The van der Waals surface area contributed by atoms with Crippen LogP contribution in [0.25, 0.3) is 22.0 Å². The number of rotatable bonds is 5. The average molecular weight is 425 g/mol. The molecule has 1 aliphatic carbocycles. The van der Waals surface area contributed by atoms with Crippen molar-refractivity contribution in [3.05, 3.63) is 64.4 Å². The topological polar surface area (TPSA) is 70.2 Å². The second kappa shape index (κ2) is 8.36. The molecule has 1 heterocycles. The van der Waals surface area contributed by atoms with Crippen molar-refractivity contribution in [1.29, 1.82) is 0 Å². The third-order valence-electron chi connectivity index (χ3n) is 6.22. The highest BCUT2D eigenvalue weighted by Crippen LogP contribution is 2.27. The Balaban J connectivity index is 1.60. The first-order valence-electron chi connectivity index (χ1n) is 10.6. The number of fused-ring (bicyclic) bond motifs is 1. The van der Waals surface area contributed by atoms with Gasteiger partial charge in [0.15, 0.2) is 0 Å². The number of hydrogen-bond acceptors (Lipinski definition) is 3. The highest BCUT2D eigenvalue weighted by Gasteiger charge is 2.24. The van der Waals surface area contributed by atoms with Gasteiger partial charge in [0, 0.05) is 24.7 Å². The SMILES string of the molecule is Cc1cccc2c(=O)[nH]c(-c3ccc(S(=O)(=O)N(C)CC4CCCCC4)cc3)cc12. The Hall–Kier alpha value is -2.44. The number of aromatic amines is 1. The molecule has 5 nitrogen and oxygen atoms in total. The zero-order chi connectivity index (χ0) is 21.3. The number of pyridine rings is 1. The molecular formula is C24H28N2O3S. The maximum absolute atomic E-state index is 13.0. The number of sulfonamides is 1. The molecule has 1 N–H and O–H groups in total. The zero-order valence-corrected chi connectivity index (χ0v) is 18.3. The second-order valence-electron chi connectivity index (χ2n) is 8.36. The Morgan fingerprint density at radius 3 is 2.40 bits per heavy atom. The highest BCUT2D eigenvalue weighted by molar-refractivity contribution is 7.89. The summed E-state index contributed by atoms with van der Waals surface area (Å²) in [5.41, 5.74) is 2.35. The van der Waals surface area contributed by atoms with Crippen LogP contribution in [0.2, 0.25) is 0 Å². The van der Waals surface area contributed by atoms with Crippen LogP contribution in [-0.2, 0) is 10.0 Å². The molecule has 0 bridgehead atoms. The van der Waals surface area contributed by atoms with Crippen molar-refractivity contribution in [3.8, 4) is 11.3 Å². The normalized spacial score (nSPS) is 15.7. The van der Waals surface area contributed by atoms with Crippen molar-refractivity contribution < 1.29 is 8.42 Å². The molecule has 0 aliphatic heterocycles. The smallest absolute Gasteiger partial charge is 0.256 e. The van der Waals surface area contributed by atoms with Gasteiger partial charge >= 0.3 is 0 Å². The van der Waals surface area contributed by atoms with Crippen LogP contribution in [0.5, 0.6) is 0 Å². The molecule has 1 saturated carbocycles. The fourth-order valence-corrected chi connectivity index (χ4v) is 5.66. The summed E-state index contributed by atoms with van der Waals surface area (Å²) < 4.78 is 27.5. The lowest BCUT2D eigenvalue weighted by Crippen LogP contribution is -2.32. The van der Waals surface area contributed by atoms with Crippen LogP contribution in [0.1, 0.15) is 37.7 Å². The van der Waals surface area contributed by atoms with E-state index >= 15 is 0 Å². The number of nitrogens with zero attached hydrogens (tertiary/aromatic N) is 1. The standard InChI is InChI=1S/C24H28N2O3S/c1-17-7-6-10-21-22(17)15-23(25-24(21)27)19-11-13-20(14-12-19)30(28,29)26(2)16-18-8-4-3-5-9-18/h6-7,10-15,18H,3-5,8-9,16H2,1-2H3,(H,25,27). The van der Waals surface area contributed by atoms with E-state index in [2.05, 4.69) is 4.98 Å². The number of H-pyrrole nitrogens is 1. The van der Waals surface area contributed by atoms with E-state index in [4.69, 9.17) is 0 Å². The van der Waals surface area contributed by atoms with E-state index in [-0.39, 0.29) is 10.5 Å². The van der Waals surface area contributed by atoms with Crippen molar-refractivity contribution in [1.82, 2.24) is 9.29 Å². The molecule has 158 valence electrons. The van der Waals surface area contributed by atoms with Crippen LogP contribution in [-0.4, -0.2) is 31.3 Å². The molecule has 0 saturated heterocycles. The molecule has 4 rings (SSSR count). The van der Waals surface area contributed by atoms with E-state index in [0.29, 0.717) is 23.5 Å². The molecule has 0 amide bonds. The molecular weight excluding hydrogens is 396 g/mol. The maximum Gasteiger partial charge on any atom is 0.256 e. The Bertz CT molecular complexity index is 1210. The number of aromatic nitrogens is 1. The van der Waals surface area contributed by atoms with Gasteiger partial charge in [-0.2, -0.15) is 0 Å². The lowest BCUT2D eigenvalue weighted by molar-refractivity contribution is 0.300. The van der Waals surface area contributed by atoms with Crippen molar-refractivity contribution in [2.45, 2.75) is 43.9 Å². The van der Waals surface area contributed by atoms with Crippen LogP contribution >= 0.6 is 0 Å². The Labute approximate surface area is 177 Å². The first-order chi connectivity index (χ1) is 14.4. The summed E-state index contributed by atoms with van der Waals surface area (Å²) in [6, 6.07) is 14.4. The Morgan fingerprint density at radius 2 is 1.70 bits per heavy atom. The summed E-state index contributed by atoms with van der Waals surface area (Å²) in [7, 11) is -1.86. The van der Waals surface area contributed by atoms with E-state index in [1.54, 1.807) is 31.3 Å². The molecule has 0 radical (unpaired) electrons. The van der Waals surface area contributed by atoms with E-state index in [1.165, 1.54) is 23.6 Å². The summed E-state index contributed by atoms with van der Waals surface area (Å²) in [5, 5.41) is 1.56. The minimum absolute atomic E-state index is 0.143. The lowest BCUT2D eigenvalue weighted by Gasteiger charge is -2.26. The largest absolute Gasteiger partial charge is 0.321 e. The van der Waals surface area contributed by atoms with Gasteiger partial charge in [-0.3, -0.25) is 4.79 Å². The Kier molecular flexibility index (Phi) is 5.80. The quantitative estimate of drug-likeness (QED) is 0.645. The van der Waals surface area contributed by atoms with Crippen LogP contribution in [0.4, 0.5) is 0 Å². The third-order valence-corrected chi connectivity index (χ3v) is 8.06. The summed E-state index contributed by atoms with van der Waals surface area (Å²) in [6.07, 6.45) is 5.85. The van der Waals surface area contributed by atoms with Crippen LogP contribution in [0.3, 0.4) is 0 Å². The molecule has 1 aliphatic rings. The van der Waals surface area contributed by atoms with Gasteiger partial charge in [0.1, 0.15) is 0 Å². The minimum atomic E-state index is -3.53. The van der Waals surface area contributed by atoms with Gasteiger partial charge in [-0.1, -0.05) is 43.5 Å². The van der Waals surface area contributed by atoms with Gasteiger partial charge < -0.3 is 4.98 Å². The van der Waals surface area contributed by atoms with Crippen molar-refractivity contribution in [2.24, 2.45) is 5.92 Å². The number of aryl methyl sites for hydroxylation is 1. The lowest BCUT2D eigenvalue weighted by atomic mass is 9.89. The molecule has 0 spiro atoms. The summed E-state index contributed by atoms with van der Waals surface area (Å²) in [6.45, 7) is 2.55. The van der Waals surface area contributed by atoms with Gasteiger partial charge in [-0.15, -0.1) is 0 Å². The second-order valence-corrected chi connectivity index (χ2v) is 10.4. The first kappa shape index (κ1) is 20.8. The van der Waals surface area contributed by atoms with Gasteiger partial charge in [0.05, 0.1) is 4.90 Å². The molecule has 0 atom stereocenters. The third kappa shape index (κ3) is 4.07. The van der Waals surface area contributed by atoms with E-state index < -0.39 is 10.0 Å². The predicted octanol–water partition coefficient (Wildman–Crippen LogP) is 4.70. The van der Waals surface area contributed by atoms with Crippen LogP contribution < -0.4 is 5.56 Å². The summed E-state index contributed by atoms with van der Waals surface area (Å²) in [4.78, 5) is 15.7. The van der Waals surface area contributed by atoms with E-state index in [9.17, 15) is 13.2 Å². The molecule has 0 unspecified atom stereocenters. The monoisotopic (exact) mass is 424 g/mol. The van der Waals surface area contributed by atoms with Crippen LogP contribution in [0.15, 0.2) is 58.2 Å². The van der Waals surface area contributed by atoms with Crippen molar-refractivity contribution >= 4 is 20.8 Å². The predicted molar refractivity (Wildman–Crippen MR) is 121 cm³/mol. The molecule has 1 aromatic heterocycles. The average Bonchev–Trinajstić information content (AvgIpc) is 2.75. The van der Waals surface area contributed by atoms with Gasteiger partial charge in [0.2, 0.25) is 10.0 Å². The molecule has 6 heteroatoms. The van der Waals surface area contributed by atoms with Crippen molar-refractivity contribution in [3.63, 3.8) is 0 Å². The summed E-state index contributed by atoms with van der Waals surface area (Å²) in [5.74, 6) is 0.448. The number of hydrogen-bond donors (Lipinski definition) is 1.